The maximum Gasteiger partial charge on any atom is 0.247 e. The Kier molecular flexibility index (Phi) is 15.8. The first-order valence-electron chi connectivity index (χ1n) is 16.1. The van der Waals surface area contributed by atoms with Crippen LogP contribution in [0.1, 0.15) is 110 Å². The number of primary amides is 1. The van der Waals surface area contributed by atoms with Crippen molar-refractivity contribution in [3.8, 4) is 18.2 Å². The predicted molar refractivity (Wildman–Crippen MR) is 177 cm³/mol. The normalized spacial score (nSPS) is 14.1. The third-order valence-corrected chi connectivity index (χ3v) is 7.75. The molecule has 4 N–H and O–H groups in total. The number of benzene rings is 1. The van der Waals surface area contributed by atoms with Crippen molar-refractivity contribution in [1.82, 2.24) is 5.32 Å². The van der Waals surface area contributed by atoms with Gasteiger partial charge in [-0.3, -0.25) is 14.4 Å². The van der Waals surface area contributed by atoms with Crippen molar-refractivity contribution in [1.29, 1.82) is 15.8 Å². The minimum Gasteiger partial charge on any atom is -0.480 e. The summed E-state index contributed by atoms with van der Waals surface area (Å²) in [6.07, 6.45) is 16.3. The van der Waals surface area contributed by atoms with E-state index in [0.29, 0.717) is 17.7 Å². The van der Waals surface area contributed by atoms with Crippen LogP contribution in [0.5, 0.6) is 0 Å². The van der Waals surface area contributed by atoms with Crippen LogP contribution < -0.4 is 16.4 Å². The number of hydrogen-bond donors (Lipinski definition) is 3. The summed E-state index contributed by atoms with van der Waals surface area (Å²) in [6.45, 7) is 5.69. The molecule has 1 heterocycles. The minimum absolute atomic E-state index is 0.0355. The second kappa shape index (κ2) is 19.5. The standard InChI is InChI=1S/C36H46N6O4/c1-4-5-6-7-8-9-10-11-12-13-14-15-33(44)42-31(22-32(40)43)35(45)41-28-19-16-26(17-20-28)18-21-30-29(25-39)34(27(23-37)24-38)46-36(30,2)3/h16-21,31H,4-15,22H2,1-3H3,(H2,40,43)(H,41,45)(H,42,44)/b21-18+/t31-/m0/s1. The zero-order chi connectivity index (χ0) is 34.0. The topological polar surface area (TPSA) is 182 Å². The van der Waals surface area contributed by atoms with Crippen molar-refractivity contribution < 1.29 is 19.1 Å². The zero-order valence-corrected chi connectivity index (χ0v) is 27.3. The lowest BCUT2D eigenvalue weighted by atomic mass is 9.94. The van der Waals surface area contributed by atoms with Gasteiger partial charge in [0.25, 0.3) is 0 Å². The molecule has 0 aliphatic carbocycles. The van der Waals surface area contributed by atoms with Crippen molar-refractivity contribution in [2.45, 2.75) is 116 Å². The van der Waals surface area contributed by atoms with Crippen molar-refractivity contribution >= 4 is 29.5 Å². The van der Waals surface area contributed by atoms with E-state index in [-0.39, 0.29) is 35.7 Å². The summed E-state index contributed by atoms with van der Waals surface area (Å²) in [5.74, 6) is -1.58. The highest BCUT2D eigenvalue weighted by Crippen LogP contribution is 2.40. The first-order chi connectivity index (χ1) is 22.1. The maximum absolute atomic E-state index is 13.0. The average molecular weight is 627 g/mol. The van der Waals surface area contributed by atoms with Gasteiger partial charge < -0.3 is 21.1 Å². The number of nitrogens with one attached hydrogen (secondary N) is 2. The fraction of sp³-hybridized carbons (Fsp3) is 0.500. The van der Waals surface area contributed by atoms with E-state index in [1.54, 1.807) is 62.4 Å². The van der Waals surface area contributed by atoms with Crippen LogP contribution in [0.3, 0.4) is 0 Å². The van der Waals surface area contributed by atoms with Crippen molar-refractivity contribution in [2.24, 2.45) is 5.73 Å². The molecule has 1 aliphatic heterocycles. The van der Waals surface area contributed by atoms with E-state index in [9.17, 15) is 30.2 Å². The summed E-state index contributed by atoms with van der Waals surface area (Å²) < 4.78 is 5.77. The Morgan fingerprint density at radius 3 is 1.98 bits per heavy atom. The molecule has 0 unspecified atom stereocenters. The molecule has 1 aliphatic rings. The number of unbranched alkanes of at least 4 members (excludes halogenated alkanes) is 10. The van der Waals surface area contributed by atoms with Crippen LogP contribution in [-0.4, -0.2) is 29.4 Å². The van der Waals surface area contributed by atoms with Gasteiger partial charge in [-0.2, -0.15) is 15.8 Å². The first kappa shape index (κ1) is 37.3. The molecule has 0 saturated carbocycles. The SMILES string of the molecule is CCCCCCCCCCCCCC(=O)N[C@@H](CC(N)=O)C(=O)Nc1ccc(/C=C/C2=C(C#N)C(=C(C#N)C#N)OC2(C)C)cc1. The predicted octanol–water partition coefficient (Wildman–Crippen LogP) is 6.63. The van der Waals surface area contributed by atoms with Gasteiger partial charge in [-0.1, -0.05) is 95.4 Å². The molecule has 0 bridgehead atoms. The van der Waals surface area contributed by atoms with E-state index in [4.69, 9.17) is 10.5 Å². The number of nitriles is 3. The van der Waals surface area contributed by atoms with Gasteiger partial charge in [0.15, 0.2) is 11.3 Å². The largest absolute Gasteiger partial charge is 0.480 e. The van der Waals surface area contributed by atoms with E-state index < -0.39 is 23.5 Å². The fourth-order valence-corrected chi connectivity index (χ4v) is 5.20. The molecule has 10 nitrogen and oxygen atoms in total. The monoisotopic (exact) mass is 626 g/mol. The number of hydrogen-bond acceptors (Lipinski definition) is 7. The van der Waals surface area contributed by atoms with Gasteiger partial charge in [0.05, 0.1) is 6.42 Å². The molecule has 10 heteroatoms. The van der Waals surface area contributed by atoms with Gasteiger partial charge in [-0.25, -0.2) is 0 Å². The van der Waals surface area contributed by atoms with Crippen LogP contribution in [-0.2, 0) is 19.1 Å². The number of carbonyl (C=O) groups excluding carboxylic acids is 3. The Morgan fingerprint density at radius 2 is 1.46 bits per heavy atom. The van der Waals surface area contributed by atoms with Crippen molar-refractivity contribution in [3.63, 3.8) is 0 Å². The number of anilines is 1. The molecular weight excluding hydrogens is 580 g/mol. The van der Waals surface area contributed by atoms with E-state index in [1.165, 1.54) is 44.9 Å². The van der Waals surface area contributed by atoms with Crippen LogP contribution in [0, 0.1) is 34.0 Å². The molecule has 1 aromatic rings. The number of carbonyl (C=O) groups is 3. The number of nitrogens with two attached hydrogens (primary N) is 1. The number of ether oxygens (including phenoxy) is 1. The Hall–Kier alpha value is -4.88. The molecule has 244 valence electrons. The number of allylic oxidation sites excluding steroid dienone is 2. The summed E-state index contributed by atoms with van der Waals surface area (Å²) in [5, 5.41) is 33.5. The van der Waals surface area contributed by atoms with E-state index >= 15 is 0 Å². The van der Waals surface area contributed by atoms with E-state index in [2.05, 4.69) is 17.6 Å². The molecule has 1 atom stereocenters. The van der Waals surface area contributed by atoms with Crippen LogP contribution in [0.4, 0.5) is 5.69 Å². The van der Waals surface area contributed by atoms with E-state index in [1.807, 2.05) is 6.07 Å². The zero-order valence-electron chi connectivity index (χ0n) is 27.3. The smallest absolute Gasteiger partial charge is 0.247 e. The molecule has 0 spiro atoms. The fourth-order valence-electron chi connectivity index (χ4n) is 5.20. The van der Waals surface area contributed by atoms with Crippen molar-refractivity contribution in [2.75, 3.05) is 5.32 Å². The lowest BCUT2D eigenvalue weighted by Crippen LogP contribution is -2.46. The van der Waals surface area contributed by atoms with Gasteiger partial charge in [0.2, 0.25) is 17.7 Å². The highest BCUT2D eigenvalue weighted by molar-refractivity contribution is 5.99. The molecule has 46 heavy (non-hydrogen) atoms. The quantitative estimate of drug-likeness (QED) is 0.114. The van der Waals surface area contributed by atoms with Crippen LogP contribution in [0.25, 0.3) is 6.08 Å². The first-order valence-corrected chi connectivity index (χ1v) is 16.1. The summed E-state index contributed by atoms with van der Waals surface area (Å²) >= 11 is 0. The molecular formula is C36H46N6O4. The lowest BCUT2D eigenvalue weighted by Gasteiger charge is -2.20. The minimum atomic E-state index is -1.09. The number of amides is 3. The Morgan fingerprint density at radius 1 is 0.891 bits per heavy atom. The third kappa shape index (κ3) is 12.3. The summed E-state index contributed by atoms with van der Waals surface area (Å²) in [7, 11) is 0. The van der Waals surface area contributed by atoms with E-state index in [0.717, 1.165) is 24.8 Å². The Balaban J connectivity index is 1.91. The third-order valence-electron chi connectivity index (χ3n) is 7.75. The average Bonchev–Trinajstić information content (AvgIpc) is 3.28. The molecule has 0 radical (unpaired) electrons. The molecule has 0 saturated heterocycles. The Bertz CT molecular complexity index is 1420. The highest BCUT2D eigenvalue weighted by Gasteiger charge is 2.38. The van der Waals surface area contributed by atoms with Crippen molar-refractivity contribution in [3.05, 3.63) is 58.4 Å². The molecule has 1 aromatic carbocycles. The molecule has 0 aromatic heterocycles. The summed E-state index contributed by atoms with van der Waals surface area (Å²) in [6, 6.07) is 11.3. The lowest BCUT2D eigenvalue weighted by molar-refractivity contribution is -0.128. The summed E-state index contributed by atoms with van der Waals surface area (Å²) in [5.41, 5.74) is 5.98. The number of rotatable bonds is 19. The van der Waals surface area contributed by atoms with Gasteiger partial charge in [-0.05, 0) is 38.0 Å². The molecule has 3 amide bonds. The Labute approximate surface area is 273 Å². The van der Waals surface area contributed by atoms with Crippen LogP contribution in [0.15, 0.2) is 52.8 Å². The van der Waals surface area contributed by atoms with Gasteiger partial charge in [0.1, 0.15) is 35.4 Å². The molecule has 0 fully saturated rings. The van der Waals surface area contributed by atoms with Crippen LogP contribution in [0.2, 0.25) is 0 Å². The van der Waals surface area contributed by atoms with Crippen LogP contribution >= 0.6 is 0 Å². The van der Waals surface area contributed by atoms with Gasteiger partial charge in [0, 0.05) is 17.7 Å². The highest BCUT2D eigenvalue weighted by atomic mass is 16.5. The maximum atomic E-state index is 13.0. The summed E-state index contributed by atoms with van der Waals surface area (Å²) in [4.78, 5) is 37.1. The van der Waals surface area contributed by atoms with Gasteiger partial charge in [-0.15, -0.1) is 0 Å². The molecule has 2 rings (SSSR count). The second-order valence-corrected chi connectivity index (χ2v) is 12.0. The van der Waals surface area contributed by atoms with Gasteiger partial charge >= 0.3 is 0 Å². The second-order valence-electron chi connectivity index (χ2n) is 12.0. The number of nitrogens with zero attached hydrogens (tertiary/aromatic N) is 3.